The van der Waals surface area contributed by atoms with Crippen LogP contribution >= 0.6 is 11.6 Å². The summed E-state index contributed by atoms with van der Waals surface area (Å²) in [6, 6.07) is 2.22. The van der Waals surface area contributed by atoms with Gasteiger partial charge in [0, 0.05) is 6.07 Å². The number of benzene rings is 1. The predicted molar refractivity (Wildman–Crippen MR) is 51.6 cm³/mol. The first-order valence-electron chi connectivity index (χ1n) is 3.72. The SMILES string of the molecule is COc1cc(Cl)c(C(=O)O)c([N+](=O)[O-])c1. The van der Waals surface area contributed by atoms with Crippen LogP contribution in [0.3, 0.4) is 0 Å². The van der Waals surface area contributed by atoms with E-state index in [-0.39, 0.29) is 10.8 Å². The maximum atomic E-state index is 10.7. The number of hydrogen-bond acceptors (Lipinski definition) is 4. The lowest BCUT2D eigenvalue weighted by molar-refractivity contribution is -0.385. The first-order valence-corrected chi connectivity index (χ1v) is 4.10. The Hall–Kier alpha value is -1.82. The van der Waals surface area contributed by atoms with Gasteiger partial charge in [0.2, 0.25) is 0 Å². The van der Waals surface area contributed by atoms with Gasteiger partial charge in [0.25, 0.3) is 5.69 Å². The molecular formula is C8H6ClNO5. The van der Waals surface area contributed by atoms with Gasteiger partial charge in [-0.15, -0.1) is 0 Å². The fourth-order valence-electron chi connectivity index (χ4n) is 1.04. The van der Waals surface area contributed by atoms with E-state index in [1.807, 2.05) is 0 Å². The molecule has 0 spiro atoms. The van der Waals surface area contributed by atoms with Crippen molar-refractivity contribution in [2.45, 2.75) is 0 Å². The molecule has 0 saturated carbocycles. The monoisotopic (exact) mass is 231 g/mol. The zero-order valence-electron chi connectivity index (χ0n) is 7.56. The Bertz CT molecular complexity index is 431. The van der Waals surface area contributed by atoms with Crippen LogP contribution in [0.15, 0.2) is 12.1 Å². The number of carboxylic acids is 1. The first kappa shape index (κ1) is 11.3. The second kappa shape index (κ2) is 4.14. The molecule has 0 unspecified atom stereocenters. The Morgan fingerprint density at radius 3 is 2.60 bits per heavy atom. The topological polar surface area (TPSA) is 89.7 Å². The fourth-order valence-corrected chi connectivity index (χ4v) is 1.33. The van der Waals surface area contributed by atoms with Crippen molar-refractivity contribution in [1.82, 2.24) is 0 Å². The van der Waals surface area contributed by atoms with Gasteiger partial charge < -0.3 is 9.84 Å². The Morgan fingerprint density at radius 1 is 1.60 bits per heavy atom. The number of halogens is 1. The van der Waals surface area contributed by atoms with Crippen LogP contribution in [0, 0.1) is 10.1 Å². The molecule has 0 radical (unpaired) electrons. The maximum Gasteiger partial charge on any atom is 0.344 e. The van der Waals surface area contributed by atoms with E-state index in [9.17, 15) is 14.9 Å². The Labute approximate surface area is 89.2 Å². The van der Waals surface area contributed by atoms with E-state index in [4.69, 9.17) is 21.4 Å². The van der Waals surface area contributed by atoms with E-state index in [1.165, 1.54) is 13.2 Å². The molecule has 0 aromatic heterocycles. The van der Waals surface area contributed by atoms with Gasteiger partial charge in [-0.1, -0.05) is 11.6 Å². The lowest BCUT2D eigenvalue weighted by Crippen LogP contribution is -2.04. The standard InChI is InChI=1S/C8H6ClNO5/c1-15-4-2-5(9)7(8(11)12)6(3-4)10(13)14/h2-3H,1H3,(H,11,12). The quantitative estimate of drug-likeness (QED) is 0.634. The predicted octanol–water partition coefficient (Wildman–Crippen LogP) is 1.96. The molecule has 80 valence electrons. The third-order valence-corrected chi connectivity index (χ3v) is 1.99. The first-order chi connectivity index (χ1) is 6.97. The van der Waals surface area contributed by atoms with Gasteiger partial charge in [0.05, 0.1) is 23.1 Å². The zero-order valence-corrected chi connectivity index (χ0v) is 8.32. The average Bonchev–Trinajstić information content (AvgIpc) is 2.15. The third-order valence-electron chi connectivity index (χ3n) is 1.69. The number of hydrogen-bond donors (Lipinski definition) is 1. The van der Waals surface area contributed by atoms with Crippen molar-refractivity contribution < 1.29 is 19.6 Å². The van der Waals surface area contributed by atoms with E-state index in [0.717, 1.165) is 6.07 Å². The third kappa shape index (κ3) is 2.16. The van der Waals surface area contributed by atoms with Crippen LogP contribution in [-0.2, 0) is 0 Å². The minimum absolute atomic E-state index is 0.136. The second-order valence-corrected chi connectivity index (χ2v) is 2.97. The molecule has 0 saturated heterocycles. The van der Waals surface area contributed by atoms with Crippen LogP contribution in [0.2, 0.25) is 5.02 Å². The van der Waals surface area contributed by atoms with E-state index in [2.05, 4.69) is 0 Å². The van der Waals surface area contributed by atoms with Crippen LogP contribution in [0.4, 0.5) is 5.69 Å². The van der Waals surface area contributed by atoms with Crippen LogP contribution in [0.25, 0.3) is 0 Å². The zero-order chi connectivity index (χ0) is 11.6. The van der Waals surface area contributed by atoms with Gasteiger partial charge >= 0.3 is 5.97 Å². The molecule has 6 nitrogen and oxygen atoms in total. The van der Waals surface area contributed by atoms with Crippen LogP contribution in [0.1, 0.15) is 10.4 Å². The number of carboxylic acid groups (broad SMARTS) is 1. The van der Waals surface area contributed by atoms with Gasteiger partial charge in [-0.05, 0) is 0 Å². The highest BCUT2D eigenvalue weighted by atomic mass is 35.5. The number of methoxy groups -OCH3 is 1. The maximum absolute atomic E-state index is 10.7. The largest absolute Gasteiger partial charge is 0.496 e. The second-order valence-electron chi connectivity index (χ2n) is 2.57. The van der Waals surface area contributed by atoms with Crippen molar-refractivity contribution in [3.8, 4) is 5.75 Å². The van der Waals surface area contributed by atoms with Gasteiger partial charge in [0.1, 0.15) is 5.75 Å². The highest BCUT2D eigenvalue weighted by Gasteiger charge is 2.24. The number of nitro benzene ring substituents is 1. The lowest BCUT2D eigenvalue weighted by Gasteiger charge is -2.04. The number of aromatic carboxylic acids is 1. The Balaban J connectivity index is 3.49. The molecule has 0 bridgehead atoms. The van der Waals surface area contributed by atoms with Gasteiger partial charge in [0.15, 0.2) is 5.56 Å². The summed E-state index contributed by atoms with van der Waals surface area (Å²) < 4.78 is 4.74. The molecule has 7 heteroatoms. The summed E-state index contributed by atoms with van der Waals surface area (Å²) in [6.07, 6.45) is 0. The molecule has 0 aliphatic heterocycles. The normalized spacial score (nSPS) is 9.73. The summed E-state index contributed by atoms with van der Waals surface area (Å²) in [7, 11) is 1.30. The van der Waals surface area contributed by atoms with Crippen molar-refractivity contribution in [2.75, 3.05) is 7.11 Å². The minimum atomic E-state index is -1.45. The van der Waals surface area contributed by atoms with Crippen LogP contribution in [-0.4, -0.2) is 23.1 Å². The number of nitro groups is 1. The highest BCUT2D eigenvalue weighted by molar-refractivity contribution is 6.34. The molecule has 0 aliphatic carbocycles. The van der Waals surface area contributed by atoms with Crippen LogP contribution in [0.5, 0.6) is 5.75 Å². The van der Waals surface area contributed by atoms with Crippen molar-refractivity contribution in [2.24, 2.45) is 0 Å². The summed E-state index contributed by atoms with van der Waals surface area (Å²) in [6.45, 7) is 0. The van der Waals surface area contributed by atoms with Crippen molar-refractivity contribution in [1.29, 1.82) is 0 Å². The molecule has 0 amide bonds. The summed E-state index contributed by atoms with van der Waals surface area (Å²) in [4.78, 5) is 20.5. The van der Waals surface area contributed by atoms with Gasteiger partial charge in [-0.2, -0.15) is 0 Å². The minimum Gasteiger partial charge on any atom is -0.496 e. The molecule has 1 N–H and O–H groups in total. The molecule has 1 rings (SSSR count). The van der Waals surface area contributed by atoms with Crippen molar-refractivity contribution in [3.63, 3.8) is 0 Å². The summed E-state index contributed by atoms with van der Waals surface area (Å²) in [5.74, 6) is -1.31. The molecule has 0 fully saturated rings. The fraction of sp³-hybridized carbons (Fsp3) is 0.125. The number of nitrogens with zero attached hydrogens (tertiary/aromatic N) is 1. The van der Waals surface area contributed by atoms with Crippen molar-refractivity contribution in [3.05, 3.63) is 32.8 Å². The molecule has 1 aromatic carbocycles. The van der Waals surface area contributed by atoms with Crippen LogP contribution < -0.4 is 4.74 Å². The number of carbonyl (C=O) groups is 1. The van der Waals surface area contributed by atoms with E-state index in [0.29, 0.717) is 0 Å². The molecule has 0 atom stereocenters. The van der Waals surface area contributed by atoms with Gasteiger partial charge in [-0.25, -0.2) is 4.79 Å². The average molecular weight is 232 g/mol. The smallest absolute Gasteiger partial charge is 0.344 e. The molecule has 0 heterocycles. The molecule has 15 heavy (non-hydrogen) atoms. The summed E-state index contributed by atoms with van der Waals surface area (Å²) >= 11 is 5.59. The van der Waals surface area contributed by atoms with E-state index < -0.39 is 22.1 Å². The Morgan fingerprint density at radius 2 is 2.20 bits per heavy atom. The van der Waals surface area contributed by atoms with Crippen molar-refractivity contribution >= 4 is 23.3 Å². The summed E-state index contributed by atoms with van der Waals surface area (Å²) in [5, 5.41) is 19.1. The highest BCUT2D eigenvalue weighted by Crippen LogP contribution is 2.31. The molecule has 1 aromatic rings. The van der Waals surface area contributed by atoms with E-state index >= 15 is 0 Å². The van der Waals surface area contributed by atoms with E-state index in [1.54, 1.807) is 0 Å². The summed E-state index contributed by atoms with van der Waals surface area (Å²) in [5.41, 5.74) is -1.13. The molecule has 0 aliphatic rings. The molecular weight excluding hydrogens is 226 g/mol. The van der Waals surface area contributed by atoms with Gasteiger partial charge in [-0.3, -0.25) is 10.1 Å². The lowest BCUT2D eigenvalue weighted by atomic mass is 10.1. The number of rotatable bonds is 3. The Kier molecular flexibility index (Phi) is 3.11. The number of ether oxygens (including phenoxy) is 1.